The fourth-order valence-electron chi connectivity index (χ4n) is 8.87. The van der Waals surface area contributed by atoms with Gasteiger partial charge in [-0.15, -0.1) is 0 Å². The first-order valence-corrected chi connectivity index (χ1v) is 28.7. The van der Waals surface area contributed by atoms with Gasteiger partial charge in [-0.25, -0.2) is 0 Å². The van der Waals surface area contributed by atoms with Crippen LogP contribution in [-0.4, -0.2) is 37.2 Å². The number of carbonyl (C=O) groups excluding carboxylic acids is 3. The maximum absolute atomic E-state index is 12.8. The topological polar surface area (TPSA) is 78.9 Å². The van der Waals surface area contributed by atoms with Crippen LogP contribution >= 0.6 is 0 Å². The lowest BCUT2D eigenvalue weighted by molar-refractivity contribution is -0.167. The molecular formula is C58H112O6. The molecule has 1 atom stereocenters. The molecule has 0 saturated carbocycles. The number of hydrogen-bond donors (Lipinski definition) is 0. The van der Waals surface area contributed by atoms with Gasteiger partial charge in [0.1, 0.15) is 13.2 Å². The second-order valence-electron chi connectivity index (χ2n) is 20.9. The monoisotopic (exact) mass is 905 g/mol. The van der Waals surface area contributed by atoms with E-state index in [1.165, 1.54) is 212 Å². The zero-order chi connectivity index (χ0) is 46.8. The molecule has 0 bridgehead atoms. The molecule has 6 heteroatoms. The second kappa shape index (κ2) is 50.8. The van der Waals surface area contributed by atoms with Gasteiger partial charge in [-0.1, -0.05) is 285 Å². The Morgan fingerprint density at radius 2 is 0.516 bits per heavy atom. The van der Waals surface area contributed by atoms with Crippen molar-refractivity contribution in [3.63, 3.8) is 0 Å². The summed E-state index contributed by atoms with van der Waals surface area (Å²) in [5.41, 5.74) is 0. The fraction of sp³-hybridized carbons (Fsp3) is 0.948. The van der Waals surface area contributed by atoms with Crippen LogP contribution in [0.1, 0.15) is 324 Å². The van der Waals surface area contributed by atoms with E-state index in [0.717, 1.165) is 69.6 Å². The summed E-state index contributed by atoms with van der Waals surface area (Å²) in [6.07, 6.45) is 53.8. The minimum atomic E-state index is -0.763. The minimum absolute atomic E-state index is 0.0629. The fourth-order valence-corrected chi connectivity index (χ4v) is 8.87. The summed E-state index contributed by atoms with van der Waals surface area (Å²) in [6.45, 7) is 11.4. The molecule has 6 nitrogen and oxygen atoms in total. The van der Waals surface area contributed by atoms with Crippen molar-refractivity contribution in [1.82, 2.24) is 0 Å². The third-order valence-electron chi connectivity index (χ3n) is 13.2. The van der Waals surface area contributed by atoms with Crippen LogP contribution in [0.3, 0.4) is 0 Å². The summed E-state index contributed by atoms with van der Waals surface area (Å²) in [6, 6.07) is 0. The van der Waals surface area contributed by atoms with Crippen molar-refractivity contribution in [1.29, 1.82) is 0 Å². The number of rotatable bonds is 52. The minimum Gasteiger partial charge on any atom is -0.462 e. The molecule has 0 aromatic heterocycles. The predicted octanol–water partition coefficient (Wildman–Crippen LogP) is 18.9. The van der Waals surface area contributed by atoms with Gasteiger partial charge in [-0.2, -0.15) is 0 Å². The highest BCUT2D eigenvalue weighted by atomic mass is 16.6. The number of carbonyl (C=O) groups is 3. The van der Waals surface area contributed by atoms with E-state index < -0.39 is 6.10 Å². The van der Waals surface area contributed by atoms with Gasteiger partial charge >= 0.3 is 17.9 Å². The van der Waals surface area contributed by atoms with E-state index >= 15 is 0 Å². The van der Waals surface area contributed by atoms with Crippen molar-refractivity contribution in [2.45, 2.75) is 330 Å². The SMILES string of the molecule is CCCCCCCCCCCCCCCCCCC(=O)OC[C@@H](COC(=O)CCCCCCCCCCCC(C)C)OC(=O)CCCCCCCCCCCCCCCCCC(C)C. The van der Waals surface area contributed by atoms with Crippen molar-refractivity contribution in [3.8, 4) is 0 Å². The highest BCUT2D eigenvalue weighted by Crippen LogP contribution is 2.18. The molecule has 64 heavy (non-hydrogen) atoms. The third kappa shape index (κ3) is 51.4. The second-order valence-corrected chi connectivity index (χ2v) is 20.9. The summed E-state index contributed by atoms with van der Waals surface area (Å²) in [5, 5.41) is 0. The van der Waals surface area contributed by atoms with Gasteiger partial charge in [-0.3, -0.25) is 14.4 Å². The molecule has 0 radical (unpaired) electrons. The van der Waals surface area contributed by atoms with E-state index in [0.29, 0.717) is 19.3 Å². The molecule has 0 N–H and O–H groups in total. The Balaban J connectivity index is 4.28. The molecule has 0 aliphatic carbocycles. The average Bonchev–Trinajstić information content (AvgIpc) is 3.27. The lowest BCUT2D eigenvalue weighted by Crippen LogP contribution is -2.30. The largest absolute Gasteiger partial charge is 0.462 e. The number of ether oxygens (including phenoxy) is 3. The highest BCUT2D eigenvalue weighted by molar-refractivity contribution is 5.71. The Morgan fingerprint density at radius 1 is 0.297 bits per heavy atom. The number of esters is 3. The molecule has 380 valence electrons. The van der Waals surface area contributed by atoms with E-state index in [9.17, 15) is 14.4 Å². The number of hydrogen-bond acceptors (Lipinski definition) is 6. The molecule has 0 aliphatic rings. The van der Waals surface area contributed by atoms with Crippen LogP contribution in [0.5, 0.6) is 0 Å². The lowest BCUT2D eigenvalue weighted by Gasteiger charge is -2.18. The predicted molar refractivity (Wildman–Crippen MR) is 275 cm³/mol. The van der Waals surface area contributed by atoms with Crippen molar-refractivity contribution >= 4 is 17.9 Å². The first kappa shape index (κ1) is 62.4. The smallest absolute Gasteiger partial charge is 0.306 e. The molecule has 0 amide bonds. The third-order valence-corrected chi connectivity index (χ3v) is 13.2. The molecule has 0 saturated heterocycles. The summed E-state index contributed by atoms with van der Waals surface area (Å²) < 4.78 is 16.9. The molecule has 0 aromatic carbocycles. The van der Waals surface area contributed by atoms with E-state index in [4.69, 9.17) is 14.2 Å². The van der Waals surface area contributed by atoms with Crippen molar-refractivity contribution in [3.05, 3.63) is 0 Å². The van der Waals surface area contributed by atoms with Gasteiger partial charge in [-0.05, 0) is 31.1 Å². The Labute approximate surface area is 399 Å². The summed E-state index contributed by atoms with van der Waals surface area (Å²) in [5.74, 6) is 0.816. The molecule has 0 fully saturated rings. The Morgan fingerprint density at radius 3 is 0.766 bits per heavy atom. The van der Waals surface area contributed by atoms with E-state index in [2.05, 4.69) is 34.6 Å². The molecule has 0 spiro atoms. The highest BCUT2D eigenvalue weighted by Gasteiger charge is 2.19. The van der Waals surface area contributed by atoms with Crippen LogP contribution in [-0.2, 0) is 28.6 Å². The maximum Gasteiger partial charge on any atom is 0.306 e. The molecule has 0 aliphatic heterocycles. The summed E-state index contributed by atoms with van der Waals surface area (Å²) >= 11 is 0. The normalized spacial score (nSPS) is 12.0. The van der Waals surface area contributed by atoms with Crippen LogP contribution in [0.25, 0.3) is 0 Å². The first-order chi connectivity index (χ1) is 31.2. The summed E-state index contributed by atoms with van der Waals surface area (Å²) in [7, 11) is 0. The molecule has 0 aromatic rings. The van der Waals surface area contributed by atoms with Crippen molar-refractivity contribution < 1.29 is 28.6 Å². The molecule has 0 rings (SSSR count). The molecule has 0 heterocycles. The zero-order valence-electron chi connectivity index (χ0n) is 43.9. The van der Waals surface area contributed by atoms with Crippen LogP contribution in [0.4, 0.5) is 0 Å². The average molecular weight is 906 g/mol. The Hall–Kier alpha value is -1.59. The Kier molecular flexibility index (Phi) is 49.6. The molecule has 0 unspecified atom stereocenters. The maximum atomic E-state index is 12.8. The Bertz CT molecular complexity index is 978. The van der Waals surface area contributed by atoms with Crippen molar-refractivity contribution in [2.75, 3.05) is 13.2 Å². The molecular weight excluding hydrogens is 793 g/mol. The van der Waals surface area contributed by atoms with E-state index in [1.807, 2.05) is 0 Å². The van der Waals surface area contributed by atoms with Crippen LogP contribution in [0.2, 0.25) is 0 Å². The quantitative estimate of drug-likeness (QED) is 0.0344. The first-order valence-electron chi connectivity index (χ1n) is 28.7. The van der Waals surface area contributed by atoms with Crippen molar-refractivity contribution in [2.24, 2.45) is 11.8 Å². The number of unbranched alkanes of at least 4 members (excludes halogenated alkanes) is 37. The lowest BCUT2D eigenvalue weighted by atomic mass is 10.0. The zero-order valence-corrected chi connectivity index (χ0v) is 43.9. The van der Waals surface area contributed by atoms with Gasteiger partial charge in [0.15, 0.2) is 6.10 Å². The van der Waals surface area contributed by atoms with Gasteiger partial charge in [0, 0.05) is 19.3 Å². The van der Waals surface area contributed by atoms with E-state index in [1.54, 1.807) is 0 Å². The van der Waals surface area contributed by atoms with Crippen LogP contribution in [0, 0.1) is 11.8 Å². The van der Waals surface area contributed by atoms with Crippen LogP contribution < -0.4 is 0 Å². The van der Waals surface area contributed by atoms with Gasteiger partial charge in [0.25, 0.3) is 0 Å². The van der Waals surface area contributed by atoms with E-state index in [-0.39, 0.29) is 31.1 Å². The van der Waals surface area contributed by atoms with Gasteiger partial charge < -0.3 is 14.2 Å². The standard InChI is InChI=1S/C58H112O6/c1-6-7-8-9-10-11-12-13-14-17-20-23-28-33-38-43-48-56(59)62-51-55(52-63-57(60)49-44-39-34-30-25-27-32-37-42-47-54(4)5)64-58(61)50-45-40-35-29-24-21-18-15-16-19-22-26-31-36-41-46-53(2)3/h53-55H,6-52H2,1-5H3/t55-/m0/s1. The van der Waals surface area contributed by atoms with Gasteiger partial charge in [0.2, 0.25) is 0 Å². The van der Waals surface area contributed by atoms with Gasteiger partial charge in [0.05, 0.1) is 0 Å². The summed E-state index contributed by atoms with van der Waals surface area (Å²) in [4.78, 5) is 38.1. The van der Waals surface area contributed by atoms with Crippen LogP contribution in [0.15, 0.2) is 0 Å².